The number of carbonyl (C=O) groups excluding carboxylic acids is 2. The number of rotatable bonds is 7. The number of nitrogens with one attached hydrogen (secondary N) is 3. The number of carbonyl (C=O) groups is 3. The summed E-state index contributed by atoms with van der Waals surface area (Å²) in [5.41, 5.74) is -0.351. The van der Waals surface area contributed by atoms with Gasteiger partial charge in [0, 0.05) is 25.0 Å². The largest absolute Gasteiger partial charge is 0.481 e. The molecule has 1 unspecified atom stereocenters. The van der Waals surface area contributed by atoms with Crippen LogP contribution in [0.4, 0.5) is 4.79 Å². The first-order valence-corrected chi connectivity index (χ1v) is 7.24. The van der Waals surface area contributed by atoms with Gasteiger partial charge < -0.3 is 21.1 Å². The third kappa shape index (κ3) is 6.97. The molecule has 0 radical (unpaired) electrons. The predicted molar refractivity (Wildman–Crippen MR) is 77.8 cm³/mol. The third-order valence-electron chi connectivity index (χ3n) is 3.39. The van der Waals surface area contributed by atoms with Crippen LogP contribution in [0.15, 0.2) is 0 Å². The Hall–Kier alpha value is -1.79. The molecule has 0 spiro atoms. The van der Waals surface area contributed by atoms with E-state index in [4.69, 9.17) is 5.11 Å². The fraction of sp³-hybridized carbons (Fsp3) is 0.786. The van der Waals surface area contributed by atoms with E-state index in [1.54, 1.807) is 0 Å². The molecule has 120 valence electrons. The first-order valence-electron chi connectivity index (χ1n) is 7.24. The lowest BCUT2D eigenvalue weighted by molar-refractivity contribution is -0.138. The zero-order chi connectivity index (χ0) is 16.0. The van der Waals surface area contributed by atoms with Gasteiger partial charge >= 0.3 is 12.0 Å². The van der Waals surface area contributed by atoms with Gasteiger partial charge in [-0.15, -0.1) is 0 Å². The van der Waals surface area contributed by atoms with Crippen LogP contribution in [-0.4, -0.2) is 42.1 Å². The van der Waals surface area contributed by atoms with Crippen molar-refractivity contribution in [2.24, 2.45) is 11.3 Å². The van der Waals surface area contributed by atoms with Crippen molar-refractivity contribution in [3.8, 4) is 0 Å². The molecule has 1 atom stereocenters. The molecule has 3 amide bonds. The van der Waals surface area contributed by atoms with E-state index in [0.717, 1.165) is 12.8 Å². The molecule has 0 saturated heterocycles. The Morgan fingerprint density at radius 1 is 1.14 bits per heavy atom. The van der Waals surface area contributed by atoms with Crippen molar-refractivity contribution in [2.45, 2.75) is 46.1 Å². The minimum absolute atomic E-state index is 0.0376. The van der Waals surface area contributed by atoms with Gasteiger partial charge in [-0.2, -0.15) is 0 Å². The summed E-state index contributed by atoms with van der Waals surface area (Å²) in [6.07, 6.45) is 1.76. The van der Waals surface area contributed by atoms with Gasteiger partial charge in [0.1, 0.15) is 0 Å². The van der Waals surface area contributed by atoms with E-state index in [1.165, 1.54) is 0 Å². The Labute approximate surface area is 124 Å². The Morgan fingerprint density at radius 3 is 2.19 bits per heavy atom. The Balaban J connectivity index is 2.26. The van der Waals surface area contributed by atoms with Gasteiger partial charge in [0.2, 0.25) is 5.91 Å². The monoisotopic (exact) mass is 299 g/mol. The molecular formula is C14H25N3O4. The summed E-state index contributed by atoms with van der Waals surface area (Å²) < 4.78 is 0. The quantitative estimate of drug-likeness (QED) is 0.519. The molecule has 0 aromatic rings. The first kappa shape index (κ1) is 17.3. The second kappa shape index (κ2) is 7.28. The summed E-state index contributed by atoms with van der Waals surface area (Å²) in [6.45, 7) is 6.31. The predicted octanol–water partition coefficient (Wildman–Crippen LogP) is 0.701. The van der Waals surface area contributed by atoms with Crippen molar-refractivity contribution in [3.05, 3.63) is 0 Å². The lowest BCUT2D eigenvalue weighted by Gasteiger charge is -2.30. The number of carboxylic acids is 1. The summed E-state index contributed by atoms with van der Waals surface area (Å²) >= 11 is 0. The topological polar surface area (TPSA) is 108 Å². The number of urea groups is 1. The molecule has 1 aliphatic carbocycles. The van der Waals surface area contributed by atoms with Gasteiger partial charge in [-0.1, -0.05) is 20.8 Å². The summed E-state index contributed by atoms with van der Waals surface area (Å²) in [4.78, 5) is 33.9. The van der Waals surface area contributed by atoms with Crippen LogP contribution in [0.2, 0.25) is 0 Å². The molecule has 0 bridgehead atoms. The van der Waals surface area contributed by atoms with E-state index in [0.29, 0.717) is 13.1 Å². The normalized spacial score (nSPS) is 16.0. The van der Waals surface area contributed by atoms with Gasteiger partial charge in [-0.05, 0) is 18.3 Å². The zero-order valence-electron chi connectivity index (χ0n) is 12.9. The lowest BCUT2D eigenvalue weighted by Crippen LogP contribution is -2.50. The molecule has 4 N–H and O–H groups in total. The molecule has 0 aromatic carbocycles. The highest BCUT2D eigenvalue weighted by molar-refractivity contribution is 5.81. The molecule has 0 aliphatic heterocycles. The molecular weight excluding hydrogens is 274 g/mol. The Morgan fingerprint density at radius 2 is 1.71 bits per heavy atom. The molecule has 1 fully saturated rings. The number of hydrogen-bond donors (Lipinski definition) is 4. The van der Waals surface area contributed by atoms with Crippen molar-refractivity contribution in [3.63, 3.8) is 0 Å². The minimum Gasteiger partial charge on any atom is -0.481 e. The van der Waals surface area contributed by atoms with E-state index < -0.39 is 18.0 Å². The van der Waals surface area contributed by atoms with Crippen LogP contribution >= 0.6 is 0 Å². The van der Waals surface area contributed by atoms with Crippen LogP contribution < -0.4 is 16.0 Å². The van der Waals surface area contributed by atoms with Crippen molar-refractivity contribution in [1.29, 1.82) is 0 Å². The smallest absolute Gasteiger partial charge is 0.315 e. The summed E-state index contributed by atoms with van der Waals surface area (Å²) in [6, 6.07) is -0.882. The SMILES string of the molecule is CC(C)(C)C(CC(=O)O)NC(=O)NCCNC(=O)C1CC1. The molecule has 1 aliphatic rings. The standard InChI is InChI=1S/C14H25N3O4/c1-14(2,3)10(8-11(18)19)17-13(21)16-7-6-15-12(20)9-4-5-9/h9-10H,4-8H2,1-3H3,(H,15,20)(H,18,19)(H2,16,17,21). The van der Waals surface area contributed by atoms with Crippen molar-refractivity contribution < 1.29 is 19.5 Å². The number of amides is 3. The van der Waals surface area contributed by atoms with Crippen LogP contribution in [0.5, 0.6) is 0 Å². The van der Waals surface area contributed by atoms with Gasteiger partial charge in [0.25, 0.3) is 0 Å². The fourth-order valence-electron chi connectivity index (χ4n) is 1.81. The average molecular weight is 299 g/mol. The maximum Gasteiger partial charge on any atom is 0.315 e. The summed E-state index contributed by atoms with van der Waals surface area (Å²) in [7, 11) is 0. The molecule has 21 heavy (non-hydrogen) atoms. The van der Waals surface area contributed by atoms with E-state index >= 15 is 0 Å². The highest BCUT2D eigenvalue weighted by Gasteiger charge is 2.29. The van der Waals surface area contributed by atoms with Crippen LogP contribution in [0.25, 0.3) is 0 Å². The Kier molecular flexibility index (Phi) is 5.99. The van der Waals surface area contributed by atoms with Crippen molar-refractivity contribution in [1.82, 2.24) is 16.0 Å². The number of aliphatic carboxylic acids is 1. The van der Waals surface area contributed by atoms with Crippen molar-refractivity contribution in [2.75, 3.05) is 13.1 Å². The second-order valence-corrected chi connectivity index (χ2v) is 6.48. The number of hydrogen-bond acceptors (Lipinski definition) is 3. The molecule has 0 heterocycles. The zero-order valence-corrected chi connectivity index (χ0v) is 12.9. The second-order valence-electron chi connectivity index (χ2n) is 6.48. The lowest BCUT2D eigenvalue weighted by atomic mass is 9.85. The molecule has 1 saturated carbocycles. The van der Waals surface area contributed by atoms with E-state index in [-0.39, 0.29) is 23.7 Å². The van der Waals surface area contributed by atoms with Crippen LogP contribution in [0.3, 0.4) is 0 Å². The van der Waals surface area contributed by atoms with Crippen LogP contribution in [0.1, 0.15) is 40.0 Å². The highest BCUT2D eigenvalue weighted by atomic mass is 16.4. The molecule has 1 rings (SSSR count). The minimum atomic E-state index is -0.952. The van der Waals surface area contributed by atoms with Gasteiger partial charge in [-0.25, -0.2) is 4.79 Å². The van der Waals surface area contributed by atoms with Crippen LogP contribution in [-0.2, 0) is 9.59 Å². The van der Waals surface area contributed by atoms with Gasteiger partial charge in [0.15, 0.2) is 0 Å². The van der Waals surface area contributed by atoms with E-state index in [1.807, 2.05) is 20.8 Å². The maximum absolute atomic E-state index is 11.7. The Bertz CT molecular complexity index is 400. The fourth-order valence-corrected chi connectivity index (χ4v) is 1.81. The summed E-state index contributed by atoms with van der Waals surface area (Å²) in [5.74, 6) is -0.762. The first-order chi connectivity index (χ1) is 9.70. The third-order valence-corrected chi connectivity index (χ3v) is 3.39. The average Bonchev–Trinajstić information content (AvgIpc) is 3.16. The molecule has 0 aromatic heterocycles. The van der Waals surface area contributed by atoms with Gasteiger partial charge in [-0.3, -0.25) is 9.59 Å². The maximum atomic E-state index is 11.7. The molecule has 7 heteroatoms. The van der Waals surface area contributed by atoms with Gasteiger partial charge in [0.05, 0.1) is 6.42 Å². The number of carboxylic acid groups (broad SMARTS) is 1. The van der Waals surface area contributed by atoms with E-state index in [9.17, 15) is 14.4 Å². The highest BCUT2D eigenvalue weighted by Crippen LogP contribution is 2.28. The summed E-state index contributed by atoms with van der Waals surface area (Å²) in [5, 5.41) is 16.9. The van der Waals surface area contributed by atoms with E-state index in [2.05, 4.69) is 16.0 Å². The van der Waals surface area contributed by atoms with Crippen molar-refractivity contribution >= 4 is 17.9 Å². The molecule has 7 nitrogen and oxygen atoms in total. The van der Waals surface area contributed by atoms with Crippen LogP contribution in [0, 0.1) is 11.3 Å².